The zero-order valence-corrected chi connectivity index (χ0v) is 12.7. The molecule has 19 heavy (non-hydrogen) atoms. The van der Waals surface area contributed by atoms with Gasteiger partial charge in [0.15, 0.2) is 0 Å². The van der Waals surface area contributed by atoms with Gasteiger partial charge in [-0.2, -0.15) is 0 Å². The number of nitrogens with two attached hydrogens (primary N) is 1. The molecule has 0 fully saturated rings. The third-order valence-electron chi connectivity index (χ3n) is 3.27. The Morgan fingerprint density at radius 2 is 1.95 bits per heavy atom. The lowest BCUT2D eigenvalue weighted by Crippen LogP contribution is -2.05. The summed E-state index contributed by atoms with van der Waals surface area (Å²) >= 11 is 1.68. The first kappa shape index (κ1) is 14.0. The van der Waals surface area contributed by atoms with Crippen LogP contribution in [0.4, 0.5) is 0 Å². The van der Waals surface area contributed by atoms with Crippen LogP contribution in [0.15, 0.2) is 17.5 Å². The van der Waals surface area contributed by atoms with Crippen LogP contribution in [-0.2, 0) is 6.42 Å². The van der Waals surface area contributed by atoms with E-state index in [0.717, 1.165) is 22.9 Å². The predicted octanol–water partition coefficient (Wildman–Crippen LogP) is 3.38. The summed E-state index contributed by atoms with van der Waals surface area (Å²) in [5, 5.41) is 3.16. The Morgan fingerprint density at radius 3 is 2.42 bits per heavy atom. The maximum atomic E-state index is 5.85. The first-order chi connectivity index (χ1) is 9.01. The number of hydrogen-bond acceptors (Lipinski definition) is 4. The van der Waals surface area contributed by atoms with Gasteiger partial charge in [0, 0.05) is 17.8 Å². The fourth-order valence-electron chi connectivity index (χ4n) is 2.12. The van der Waals surface area contributed by atoms with Crippen LogP contribution < -0.4 is 10.5 Å². The topological polar surface area (TPSA) is 48.1 Å². The van der Waals surface area contributed by atoms with Crippen LogP contribution in [0.2, 0.25) is 0 Å². The minimum Gasteiger partial charge on any atom is -0.497 e. The van der Waals surface area contributed by atoms with E-state index in [2.05, 4.69) is 31.0 Å². The standard InChI is InChI=1S/C15H20N2OS/c1-9-5-12(18-4)6-10(2)13(9)7-15-17-14(8-19-15)11(3)16/h5-6,8,11H,7,16H2,1-4H3. The zero-order chi connectivity index (χ0) is 14.0. The van der Waals surface area contributed by atoms with Crippen molar-refractivity contribution >= 4 is 11.3 Å². The summed E-state index contributed by atoms with van der Waals surface area (Å²) in [7, 11) is 1.70. The highest BCUT2D eigenvalue weighted by molar-refractivity contribution is 7.09. The molecule has 0 spiro atoms. The molecule has 0 saturated heterocycles. The lowest BCUT2D eigenvalue weighted by molar-refractivity contribution is 0.414. The fraction of sp³-hybridized carbons (Fsp3) is 0.400. The molecule has 0 saturated carbocycles. The summed E-state index contributed by atoms with van der Waals surface area (Å²) in [6.45, 7) is 6.19. The van der Waals surface area contributed by atoms with Crippen molar-refractivity contribution in [2.45, 2.75) is 33.2 Å². The van der Waals surface area contributed by atoms with E-state index >= 15 is 0 Å². The quantitative estimate of drug-likeness (QED) is 0.931. The van der Waals surface area contributed by atoms with Crippen molar-refractivity contribution < 1.29 is 4.74 Å². The van der Waals surface area contributed by atoms with Crippen molar-refractivity contribution in [1.82, 2.24) is 4.98 Å². The number of hydrogen-bond donors (Lipinski definition) is 1. The van der Waals surface area contributed by atoms with E-state index in [9.17, 15) is 0 Å². The van der Waals surface area contributed by atoms with Gasteiger partial charge in [-0.1, -0.05) is 0 Å². The lowest BCUT2D eigenvalue weighted by Gasteiger charge is -2.11. The summed E-state index contributed by atoms with van der Waals surface area (Å²) in [4.78, 5) is 4.59. The number of thiazole rings is 1. The molecular formula is C15H20N2OS. The van der Waals surface area contributed by atoms with Crippen molar-refractivity contribution in [2.24, 2.45) is 5.73 Å². The van der Waals surface area contributed by atoms with Crippen molar-refractivity contribution in [3.05, 3.63) is 44.9 Å². The van der Waals surface area contributed by atoms with Crippen LogP contribution in [0.25, 0.3) is 0 Å². The molecule has 2 rings (SSSR count). The largest absolute Gasteiger partial charge is 0.497 e. The Morgan fingerprint density at radius 1 is 1.32 bits per heavy atom. The molecule has 1 unspecified atom stereocenters. The molecule has 3 nitrogen and oxygen atoms in total. The van der Waals surface area contributed by atoms with Gasteiger partial charge in [-0.15, -0.1) is 11.3 Å². The molecule has 1 heterocycles. The van der Waals surface area contributed by atoms with Crippen molar-refractivity contribution in [3.63, 3.8) is 0 Å². The van der Waals surface area contributed by atoms with E-state index in [4.69, 9.17) is 10.5 Å². The van der Waals surface area contributed by atoms with Gasteiger partial charge in [-0.25, -0.2) is 4.98 Å². The smallest absolute Gasteiger partial charge is 0.119 e. The molecule has 102 valence electrons. The Kier molecular flexibility index (Phi) is 4.22. The molecule has 0 amide bonds. The molecule has 1 aromatic carbocycles. The minimum absolute atomic E-state index is 0.00283. The third kappa shape index (κ3) is 3.14. The average Bonchev–Trinajstić information content (AvgIpc) is 2.82. The molecule has 4 heteroatoms. The number of aromatic nitrogens is 1. The summed E-state index contributed by atoms with van der Waals surface area (Å²) in [6.07, 6.45) is 0.860. The van der Waals surface area contributed by atoms with Crippen LogP contribution >= 0.6 is 11.3 Å². The molecule has 0 aliphatic carbocycles. The summed E-state index contributed by atoms with van der Waals surface area (Å²) in [6, 6.07) is 4.15. The zero-order valence-electron chi connectivity index (χ0n) is 11.9. The van der Waals surface area contributed by atoms with Gasteiger partial charge in [0.2, 0.25) is 0 Å². The van der Waals surface area contributed by atoms with Crippen LogP contribution in [-0.4, -0.2) is 12.1 Å². The molecule has 0 bridgehead atoms. The van der Waals surface area contributed by atoms with E-state index in [1.165, 1.54) is 16.7 Å². The van der Waals surface area contributed by atoms with E-state index in [-0.39, 0.29) is 6.04 Å². The second-order valence-electron chi connectivity index (χ2n) is 4.87. The normalized spacial score (nSPS) is 12.5. The van der Waals surface area contributed by atoms with Gasteiger partial charge in [0.25, 0.3) is 0 Å². The van der Waals surface area contributed by atoms with Gasteiger partial charge in [0.05, 0.1) is 17.8 Å². The van der Waals surface area contributed by atoms with Crippen LogP contribution in [0, 0.1) is 13.8 Å². The molecule has 0 aliphatic rings. The number of ether oxygens (including phenoxy) is 1. The van der Waals surface area contributed by atoms with Gasteiger partial charge in [0.1, 0.15) is 5.75 Å². The van der Waals surface area contributed by atoms with Gasteiger partial charge >= 0.3 is 0 Å². The highest BCUT2D eigenvalue weighted by atomic mass is 32.1. The number of benzene rings is 1. The highest BCUT2D eigenvalue weighted by Crippen LogP contribution is 2.25. The minimum atomic E-state index is 0.00283. The van der Waals surface area contributed by atoms with Gasteiger partial charge in [-0.3, -0.25) is 0 Å². The Balaban J connectivity index is 2.27. The molecule has 2 N–H and O–H groups in total. The molecule has 0 radical (unpaired) electrons. The monoisotopic (exact) mass is 276 g/mol. The van der Waals surface area contributed by atoms with Crippen molar-refractivity contribution in [1.29, 1.82) is 0 Å². The Hall–Kier alpha value is -1.39. The Labute approximate surface area is 118 Å². The summed E-state index contributed by atoms with van der Waals surface area (Å²) in [5.41, 5.74) is 10.6. The summed E-state index contributed by atoms with van der Waals surface area (Å²) in [5.74, 6) is 0.911. The second kappa shape index (κ2) is 5.72. The number of rotatable bonds is 4. The van der Waals surface area contributed by atoms with E-state index in [1.54, 1.807) is 18.4 Å². The van der Waals surface area contributed by atoms with Crippen LogP contribution in [0.1, 0.15) is 40.4 Å². The van der Waals surface area contributed by atoms with Crippen molar-refractivity contribution in [2.75, 3.05) is 7.11 Å². The van der Waals surface area contributed by atoms with Gasteiger partial charge in [-0.05, 0) is 49.6 Å². The first-order valence-corrected chi connectivity index (χ1v) is 7.23. The van der Waals surface area contributed by atoms with E-state index in [0.29, 0.717) is 0 Å². The SMILES string of the molecule is COc1cc(C)c(Cc2nc(C(C)N)cs2)c(C)c1. The molecule has 2 aromatic rings. The van der Waals surface area contributed by atoms with Crippen molar-refractivity contribution in [3.8, 4) is 5.75 Å². The highest BCUT2D eigenvalue weighted by Gasteiger charge is 2.10. The third-order valence-corrected chi connectivity index (χ3v) is 4.14. The number of aryl methyl sites for hydroxylation is 2. The average molecular weight is 276 g/mol. The second-order valence-corrected chi connectivity index (χ2v) is 5.81. The van der Waals surface area contributed by atoms with Gasteiger partial charge < -0.3 is 10.5 Å². The molecule has 1 aromatic heterocycles. The van der Waals surface area contributed by atoms with Crippen LogP contribution in [0.5, 0.6) is 5.75 Å². The van der Waals surface area contributed by atoms with Crippen LogP contribution in [0.3, 0.4) is 0 Å². The first-order valence-electron chi connectivity index (χ1n) is 6.35. The summed E-state index contributed by atoms with van der Waals surface area (Å²) < 4.78 is 5.29. The molecular weight excluding hydrogens is 256 g/mol. The molecule has 0 aliphatic heterocycles. The number of nitrogens with zero attached hydrogens (tertiary/aromatic N) is 1. The van der Waals surface area contributed by atoms with E-state index in [1.807, 2.05) is 12.3 Å². The fourth-order valence-corrected chi connectivity index (χ4v) is 3.03. The maximum absolute atomic E-state index is 5.85. The maximum Gasteiger partial charge on any atom is 0.119 e. The van der Waals surface area contributed by atoms with E-state index < -0.39 is 0 Å². The lowest BCUT2D eigenvalue weighted by atomic mass is 10.00. The Bertz CT molecular complexity index is 552. The molecule has 1 atom stereocenters. The number of methoxy groups -OCH3 is 1. The predicted molar refractivity (Wildman–Crippen MR) is 80.0 cm³/mol.